The van der Waals surface area contributed by atoms with Crippen LogP contribution < -0.4 is 10.6 Å². The molecule has 0 bridgehead atoms. The summed E-state index contributed by atoms with van der Waals surface area (Å²) in [5.74, 6) is 0.00200. The Bertz CT molecular complexity index is 564. The number of aromatic hydroxyl groups is 1. The van der Waals surface area contributed by atoms with Crippen LogP contribution in [-0.2, 0) is 4.79 Å². The Morgan fingerprint density at radius 2 is 2.05 bits per heavy atom. The molecule has 1 atom stereocenters. The van der Waals surface area contributed by atoms with E-state index in [4.69, 9.17) is 0 Å². The van der Waals surface area contributed by atoms with Crippen LogP contribution in [0.25, 0.3) is 0 Å². The zero-order chi connectivity index (χ0) is 14.0. The minimum Gasteiger partial charge on any atom is -0.508 e. The highest BCUT2D eigenvalue weighted by Crippen LogP contribution is 2.32. The van der Waals surface area contributed by atoms with Crippen LogP contribution in [0.15, 0.2) is 35.5 Å². The predicted octanol–water partition coefficient (Wildman–Crippen LogP) is 2.00. The van der Waals surface area contributed by atoms with Gasteiger partial charge < -0.3 is 15.7 Å². The lowest BCUT2D eigenvalue weighted by Crippen LogP contribution is -2.45. The number of hydrogen-bond acceptors (Lipinski definition) is 3. The molecule has 0 aliphatic carbocycles. The van der Waals surface area contributed by atoms with Gasteiger partial charge in [-0.1, -0.05) is 25.1 Å². The smallest absolute Gasteiger partial charge is 0.319 e. The van der Waals surface area contributed by atoms with Crippen LogP contribution >= 0.6 is 0 Å². The topological polar surface area (TPSA) is 78.4 Å². The van der Waals surface area contributed by atoms with Crippen molar-refractivity contribution in [1.29, 1.82) is 0 Å². The monoisotopic (exact) mass is 260 g/mol. The van der Waals surface area contributed by atoms with Crippen molar-refractivity contribution in [3.63, 3.8) is 0 Å². The van der Waals surface area contributed by atoms with Crippen LogP contribution in [0.2, 0.25) is 0 Å². The summed E-state index contributed by atoms with van der Waals surface area (Å²) in [6, 6.07) is 5.70. The van der Waals surface area contributed by atoms with Crippen LogP contribution in [0.4, 0.5) is 4.79 Å². The van der Waals surface area contributed by atoms with E-state index in [1.54, 1.807) is 32.0 Å². The highest BCUT2D eigenvalue weighted by molar-refractivity contribution is 6.00. The number of hydrogen-bond donors (Lipinski definition) is 3. The van der Waals surface area contributed by atoms with Crippen LogP contribution in [0.5, 0.6) is 5.75 Å². The minimum absolute atomic E-state index is 0.0572. The first-order valence-corrected chi connectivity index (χ1v) is 6.14. The minimum atomic E-state index is -0.609. The van der Waals surface area contributed by atoms with Gasteiger partial charge >= 0.3 is 6.03 Å². The summed E-state index contributed by atoms with van der Waals surface area (Å²) in [7, 11) is 0. The lowest BCUT2D eigenvalue weighted by Gasteiger charge is -2.28. The molecule has 0 spiro atoms. The number of amides is 2. The third kappa shape index (κ3) is 2.45. The summed E-state index contributed by atoms with van der Waals surface area (Å²) in [6.07, 6.45) is 0.342. The summed E-state index contributed by atoms with van der Waals surface area (Å²) in [4.78, 5) is 23.6. The maximum Gasteiger partial charge on any atom is 0.319 e. The van der Waals surface area contributed by atoms with E-state index in [0.29, 0.717) is 23.3 Å². The lowest BCUT2D eigenvalue weighted by molar-refractivity contribution is -0.115. The maximum absolute atomic E-state index is 12.0. The molecule has 5 heteroatoms. The number of carbonyl (C=O) groups excluding carboxylic acids is 2. The molecule has 1 aliphatic rings. The molecular weight excluding hydrogens is 244 g/mol. The Balaban J connectivity index is 2.53. The first-order valence-electron chi connectivity index (χ1n) is 6.14. The Kier molecular flexibility index (Phi) is 3.55. The normalized spacial score (nSPS) is 18.8. The van der Waals surface area contributed by atoms with E-state index >= 15 is 0 Å². The molecule has 1 unspecified atom stereocenters. The second kappa shape index (κ2) is 5.14. The molecule has 0 aromatic heterocycles. The second-order valence-electron chi connectivity index (χ2n) is 4.41. The van der Waals surface area contributed by atoms with Crippen LogP contribution in [0, 0.1) is 0 Å². The third-order valence-corrected chi connectivity index (χ3v) is 3.14. The van der Waals surface area contributed by atoms with Crippen LogP contribution in [0.1, 0.15) is 31.9 Å². The average molecular weight is 260 g/mol. The second-order valence-corrected chi connectivity index (χ2v) is 4.41. The standard InChI is InChI=1S/C14H16N2O3/c1-3-10(17)12-8(2)15-14(19)16-13(12)9-6-4-5-7-11(9)18/h4-7,13,18H,3H2,1-2H3,(H2,15,16,19). The van der Waals surface area contributed by atoms with E-state index in [0.717, 1.165) is 0 Å². The van der Waals surface area contributed by atoms with Gasteiger partial charge in [-0.15, -0.1) is 0 Å². The number of urea groups is 1. The first kappa shape index (κ1) is 13.1. The van der Waals surface area contributed by atoms with Crippen molar-refractivity contribution in [2.45, 2.75) is 26.3 Å². The molecule has 3 N–H and O–H groups in total. The summed E-state index contributed by atoms with van der Waals surface area (Å²) in [6.45, 7) is 3.45. The molecule has 2 rings (SSSR count). The van der Waals surface area contributed by atoms with E-state index in [9.17, 15) is 14.7 Å². The molecule has 1 aliphatic heterocycles. The number of rotatable bonds is 3. The van der Waals surface area contributed by atoms with Crippen molar-refractivity contribution in [1.82, 2.24) is 10.6 Å². The van der Waals surface area contributed by atoms with Gasteiger partial charge in [0.2, 0.25) is 0 Å². The number of para-hydroxylation sites is 1. The predicted molar refractivity (Wildman–Crippen MR) is 70.5 cm³/mol. The number of benzene rings is 1. The van der Waals surface area contributed by atoms with Gasteiger partial charge in [0, 0.05) is 23.3 Å². The summed E-state index contributed by atoms with van der Waals surface area (Å²) >= 11 is 0. The molecule has 0 saturated carbocycles. The fourth-order valence-electron chi connectivity index (χ4n) is 2.22. The van der Waals surface area contributed by atoms with Crippen molar-refractivity contribution >= 4 is 11.8 Å². The van der Waals surface area contributed by atoms with Crippen molar-refractivity contribution in [2.75, 3.05) is 0 Å². The van der Waals surface area contributed by atoms with Gasteiger partial charge in [0.15, 0.2) is 5.78 Å². The number of phenolic OH excluding ortho intramolecular Hbond substituents is 1. The van der Waals surface area contributed by atoms with Gasteiger partial charge in [-0.25, -0.2) is 4.79 Å². The Morgan fingerprint density at radius 3 is 2.68 bits per heavy atom. The van der Waals surface area contributed by atoms with E-state index in [-0.39, 0.29) is 17.6 Å². The summed E-state index contributed by atoms with van der Waals surface area (Å²) in [5.41, 5.74) is 1.54. The number of carbonyl (C=O) groups is 2. The van der Waals surface area contributed by atoms with Gasteiger partial charge in [-0.2, -0.15) is 0 Å². The van der Waals surface area contributed by atoms with Crippen molar-refractivity contribution in [3.05, 3.63) is 41.1 Å². The number of ketones is 1. The number of nitrogens with one attached hydrogen (secondary N) is 2. The molecule has 1 heterocycles. The number of phenols is 1. The fourth-order valence-corrected chi connectivity index (χ4v) is 2.22. The molecule has 19 heavy (non-hydrogen) atoms. The van der Waals surface area contributed by atoms with Crippen LogP contribution in [-0.4, -0.2) is 16.9 Å². The molecule has 0 radical (unpaired) electrons. The van der Waals surface area contributed by atoms with Gasteiger partial charge in [-0.05, 0) is 13.0 Å². The molecule has 5 nitrogen and oxygen atoms in total. The lowest BCUT2D eigenvalue weighted by atomic mass is 9.91. The van der Waals surface area contributed by atoms with E-state index in [1.807, 2.05) is 0 Å². The highest BCUT2D eigenvalue weighted by Gasteiger charge is 2.31. The van der Waals surface area contributed by atoms with Gasteiger partial charge in [0.1, 0.15) is 5.75 Å². The Labute approximate surface area is 111 Å². The Morgan fingerprint density at radius 1 is 1.37 bits per heavy atom. The number of Topliss-reactive ketones (excluding diaryl/α,β-unsaturated/α-hetero) is 1. The van der Waals surface area contributed by atoms with Gasteiger partial charge in [0.05, 0.1) is 6.04 Å². The number of allylic oxidation sites excluding steroid dienone is 1. The average Bonchev–Trinajstić information content (AvgIpc) is 2.37. The Hall–Kier alpha value is -2.30. The summed E-state index contributed by atoms with van der Waals surface area (Å²) in [5, 5.41) is 15.2. The highest BCUT2D eigenvalue weighted by atomic mass is 16.3. The van der Waals surface area contributed by atoms with Gasteiger partial charge in [-0.3, -0.25) is 4.79 Å². The molecule has 2 amide bonds. The zero-order valence-corrected chi connectivity index (χ0v) is 10.9. The maximum atomic E-state index is 12.0. The third-order valence-electron chi connectivity index (χ3n) is 3.14. The van der Waals surface area contributed by atoms with Crippen molar-refractivity contribution in [3.8, 4) is 5.75 Å². The van der Waals surface area contributed by atoms with E-state index in [2.05, 4.69) is 10.6 Å². The quantitative estimate of drug-likeness (QED) is 0.777. The van der Waals surface area contributed by atoms with Gasteiger partial charge in [0.25, 0.3) is 0 Å². The molecule has 1 aromatic rings. The first-order chi connectivity index (χ1) is 9.04. The molecule has 100 valence electrons. The van der Waals surface area contributed by atoms with Crippen molar-refractivity contribution < 1.29 is 14.7 Å². The molecule has 0 saturated heterocycles. The SMILES string of the molecule is CCC(=O)C1=C(C)NC(=O)NC1c1ccccc1O. The molecular formula is C14H16N2O3. The van der Waals surface area contributed by atoms with E-state index in [1.165, 1.54) is 6.07 Å². The van der Waals surface area contributed by atoms with E-state index < -0.39 is 6.04 Å². The largest absolute Gasteiger partial charge is 0.508 e. The fraction of sp³-hybridized carbons (Fsp3) is 0.286. The van der Waals surface area contributed by atoms with Crippen molar-refractivity contribution in [2.24, 2.45) is 0 Å². The zero-order valence-electron chi connectivity index (χ0n) is 10.9. The summed E-state index contributed by atoms with van der Waals surface area (Å²) < 4.78 is 0. The van der Waals surface area contributed by atoms with Crippen LogP contribution in [0.3, 0.4) is 0 Å². The molecule has 1 aromatic carbocycles. The molecule has 0 fully saturated rings.